The van der Waals surface area contributed by atoms with Gasteiger partial charge in [0.1, 0.15) is 0 Å². The van der Waals surface area contributed by atoms with E-state index < -0.39 is 11.9 Å². The maximum Gasteiger partial charge on any atom is 0.328 e. The molecular formula is C30H30N2O5. The van der Waals surface area contributed by atoms with E-state index >= 15 is 0 Å². The summed E-state index contributed by atoms with van der Waals surface area (Å²) in [5.74, 6) is -2.24. The molecule has 1 unspecified atom stereocenters. The molecule has 7 heteroatoms. The van der Waals surface area contributed by atoms with Crippen LogP contribution < -0.4 is 4.90 Å². The zero-order chi connectivity index (χ0) is 26.2. The van der Waals surface area contributed by atoms with Crippen LogP contribution in [-0.4, -0.2) is 51.6 Å². The van der Waals surface area contributed by atoms with Gasteiger partial charge in [-0.25, -0.2) is 9.59 Å². The number of benzene rings is 3. The van der Waals surface area contributed by atoms with Gasteiger partial charge in [-0.05, 0) is 60.2 Å². The van der Waals surface area contributed by atoms with Gasteiger partial charge in [0, 0.05) is 37.0 Å². The summed E-state index contributed by atoms with van der Waals surface area (Å²) in [4.78, 5) is 36.4. The summed E-state index contributed by atoms with van der Waals surface area (Å²) in [7, 11) is 0. The lowest BCUT2D eigenvalue weighted by molar-refractivity contribution is -0.134. The van der Waals surface area contributed by atoms with Gasteiger partial charge in [-0.1, -0.05) is 54.1 Å². The molecule has 1 atom stereocenters. The van der Waals surface area contributed by atoms with Crippen LogP contribution in [0.3, 0.4) is 0 Å². The van der Waals surface area contributed by atoms with Crippen LogP contribution in [0.25, 0.3) is 10.8 Å². The maximum atomic E-state index is 12.5. The van der Waals surface area contributed by atoms with Gasteiger partial charge in [0.2, 0.25) is 5.91 Å². The minimum atomic E-state index is -1.26. The Morgan fingerprint density at radius 1 is 0.919 bits per heavy atom. The highest BCUT2D eigenvalue weighted by molar-refractivity contribution is 6.02. The summed E-state index contributed by atoms with van der Waals surface area (Å²) in [5, 5.41) is 18.5. The van der Waals surface area contributed by atoms with E-state index in [-0.39, 0.29) is 11.4 Å². The van der Waals surface area contributed by atoms with Crippen molar-refractivity contribution in [2.75, 3.05) is 18.0 Å². The second-order valence-corrected chi connectivity index (χ2v) is 10.1. The van der Waals surface area contributed by atoms with Crippen molar-refractivity contribution in [1.29, 1.82) is 0 Å². The average Bonchev–Trinajstić information content (AvgIpc) is 3.25. The standard InChI is InChI=1S/C26H26N2O.C4H4O4/c1-18-8-10-21(11-9-18)28-24(29)17-26(28)12-14-27(15-13-26)23-16-20-6-2-4-19-5-3-7-22(23)25(19)20;5-3(6)1-2-4(7)8/h2-11,23H,12-17H2,1H3;1-2H,(H,5,6)(H,7,8)/b;2-1+. The van der Waals surface area contributed by atoms with E-state index in [4.69, 9.17) is 10.2 Å². The third kappa shape index (κ3) is 4.74. The molecule has 37 heavy (non-hydrogen) atoms. The highest BCUT2D eigenvalue weighted by atomic mass is 16.4. The lowest BCUT2D eigenvalue weighted by Gasteiger charge is -2.56. The van der Waals surface area contributed by atoms with Gasteiger partial charge in [-0.3, -0.25) is 9.69 Å². The van der Waals surface area contributed by atoms with E-state index in [9.17, 15) is 14.4 Å². The third-order valence-corrected chi connectivity index (χ3v) is 7.83. The van der Waals surface area contributed by atoms with Gasteiger partial charge in [-0.2, -0.15) is 0 Å². The molecule has 6 rings (SSSR count). The van der Waals surface area contributed by atoms with Crippen molar-refractivity contribution in [1.82, 2.24) is 4.90 Å². The Morgan fingerprint density at radius 3 is 2.14 bits per heavy atom. The number of hydrogen-bond donors (Lipinski definition) is 2. The molecule has 7 nitrogen and oxygen atoms in total. The molecule has 3 aromatic rings. The van der Waals surface area contributed by atoms with E-state index in [1.54, 1.807) is 0 Å². The number of carbonyl (C=O) groups excluding carboxylic acids is 1. The molecule has 1 aliphatic carbocycles. The Kier molecular flexibility index (Phi) is 6.56. The number of aryl methyl sites for hydroxylation is 1. The molecule has 1 spiro atoms. The van der Waals surface area contributed by atoms with E-state index in [0.717, 1.165) is 38.0 Å². The molecule has 0 bridgehead atoms. The van der Waals surface area contributed by atoms with Crippen molar-refractivity contribution in [3.05, 3.63) is 89.5 Å². The van der Waals surface area contributed by atoms with Gasteiger partial charge in [0.15, 0.2) is 0 Å². The predicted octanol–water partition coefficient (Wildman–Crippen LogP) is 4.73. The Morgan fingerprint density at radius 2 is 1.54 bits per heavy atom. The normalized spacial score (nSPS) is 20.1. The lowest BCUT2D eigenvalue weighted by Crippen LogP contribution is -2.67. The molecule has 2 N–H and O–H groups in total. The number of carboxylic acids is 2. The van der Waals surface area contributed by atoms with Gasteiger partial charge in [0.25, 0.3) is 0 Å². The molecule has 3 aliphatic rings. The van der Waals surface area contributed by atoms with Crippen LogP contribution in [-0.2, 0) is 20.8 Å². The molecule has 0 aromatic heterocycles. The minimum absolute atomic E-state index is 0.0281. The number of piperidine rings is 1. The SMILES string of the molecule is Cc1ccc(N2C(=O)CC23CCN(C2Cc4cccc5cccc2c45)CC3)cc1.O=C(O)/C=C/C(=O)O. The zero-order valence-corrected chi connectivity index (χ0v) is 20.8. The Hall–Kier alpha value is -3.97. The van der Waals surface area contributed by atoms with Gasteiger partial charge in [-0.15, -0.1) is 0 Å². The fraction of sp³-hybridized carbons (Fsp3) is 0.300. The first-order valence-corrected chi connectivity index (χ1v) is 12.6. The summed E-state index contributed by atoms with van der Waals surface area (Å²) >= 11 is 0. The molecule has 2 heterocycles. The van der Waals surface area contributed by atoms with Crippen LogP contribution >= 0.6 is 0 Å². The van der Waals surface area contributed by atoms with Crippen molar-refractivity contribution < 1.29 is 24.6 Å². The van der Waals surface area contributed by atoms with Crippen LogP contribution in [0.2, 0.25) is 0 Å². The largest absolute Gasteiger partial charge is 0.478 e. The van der Waals surface area contributed by atoms with E-state index in [1.807, 2.05) is 0 Å². The number of nitrogens with zero attached hydrogens (tertiary/aromatic N) is 2. The number of anilines is 1. The number of amides is 1. The number of β-lactam (4-membered cyclic amide) rings is 1. The summed E-state index contributed by atoms with van der Waals surface area (Å²) in [6.07, 6.45) is 5.06. The topological polar surface area (TPSA) is 98.2 Å². The average molecular weight is 499 g/mol. The predicted molar refractivity (Wildman–Crippen MR) is 142 cm³/mol. The first-order valence-electron chi connectivity index (χ1n) is 12.6. The quantitative estimate of drug-likeness (QED) is 0.399. The number of carboxylic acid groups (broad SMARTS) is 2. The second-order valence-electron chi connectivity index (χ2n) is 10.1. The maximum absolute atomic E-state index is 12.5. The summed E-state index contributed by atoms with van der Waals surface area (Å²) < 4.78 is 0. The first-order chi connectivity index (χ1) is 17.8. The van der Waals surface area contributed by atoms with E-state index in [1.165, 1.54) is 27.5 Å². The molecule has 0 radical (unpaired) electrons. The highest BCUT2D eigenvalue weighted by Crippen LogP contribution is 2.47. The molecule has 2 fully saturated rings. The Bertz CT molecular complexity index is 1370. The molecule has 1 amide bonds. The molecule has 3 aromatic carbocycles. The fourth-order valence-corrected chi connectivity index (χ4v) is 6.06. The van der Waals surface area contributed by atoms with Crippen LogP contribution in [0.15, 0.2) is 72.8 Å². The monoisotopic (exact) mass is 498 g/mol. The van der Waals surface area contributed by atoms with Crippen molar-refractivity contribution in [2.45, 2.75) is 44.2 Å². The smallest absolute Gasteiger partial charge is 0.328 e. The summed E-state index contributed by atoms with van der Waals surface area (Å²) in [5.41, 5.74) is 5.32. The molecule has 2 saturated heterocycles. The first kappa shape index (κ1) is 24.7. The molecule has 0 saturated carbocycles. The number of hydrogen-bond acceptors (Lipinski definition) is 4. The molecular weight excluding hydrogens is 468 g/mol. The highest BCUT2D eigenvalue weighted by Gasteiger charge is 2.53. The molecule has 2 aliphatic heterocycles. The summed E-state index contributed by atoms with van der Waals surface area (Å²) in [6.45, 7) is 4.21. The zero-order valence-electron chi connectivity index (χ0n) is 20.8. The van der Waals surface area contributed by atoms with Crippen LogP contribution in [0.5, 0.6) is 0 Å². The minimum Gasteiger partial charge on any atom is -0.478 e. The van der Waals surface area contributed by atoms with E-state index in [2.05, 4.69) is 77.4 Å². The molecule has 190 valence electrons. The third-order valence-electron chi connectivity index (χ3n) is 7.83. The fourth-order valence-electron chi connectivity index (χ4n) is 6.06. The summed E-state index contributed by atoms with van der Waals surface area (Å²) in [6, 6.07) is 22.4. The number of aliphatic carboxylic acids is 2. The number of carbonyl (C=O) groups is 3. The second kappa shape index (κ2) is 9.82. The van der Waals surface area contributed by atoms with Crippen LogP contribution in [0, 0.1) is 6.92 Å². The Balaban J connectivity index is 0.000000307. The van der Waals surface area contributed by atoms with Crippen LogP contribution in [0.4, 0.5) is 5.69 Å². The van der Waals surface area contributed by atoms with Crippen molar-refractivity contribution in [2.24, 2.45) is 0 Å². The van der Waals surface area contributed by atoms with Gasteiger partial charge >= 0.3 is 11.9 Å². The number of likely N-dealkylation sites (tertiary alicyclic amines) is 1. The Labute approximate surface area is 215 Å². The van der Waals surface area contributed by atoms with Crippen LogP contribution in [0.1, 0.15) is 42.0 Å². The number of rotatable bonds is 4. The van der Waals surface area contributed by atoms with Gasteiger partial charge < -0.3 is 15.1 Å². The van der Waals surface area contributed by atoms with Crippen molar-refractivity contribution >= 4 is 34.3 Å². The van der Waals surface area contributed by atoms with E-state index in [0.29, 0.717) is 24.6 Å². The van der Waals surface area contributed by atoms with Gasteiger partial charge in [0.05, 0.1) is 12.0 Å². The lowest BCUT2D eigenvalue weighted by atomic mass is 9.75. The van der Waals surface area contributed by atoms with Crippen molar-refractivity contribution in [3.63, 3.8) is 0 Å². The van der Waals surface area contributed by atoms with Crippen molar-refractivity contribution in [3.8, 4) is 0 Å².